The van der Waals surface area contributed by atoms with Gasteiger partial charge in [-0.2, -0.15) is 0 Å². The van der Waals surface area contributed by atoms with Gasteiger partial charge in [-0.15, -0.1) is 0 Å². The second kappa shape index (κ2) is 4.03. The smallest absolute Gasteiger partial charge is 0.160 e. The average Bonchev–Trinajstić information content (AvgIpc) is 2.08. The molecule has 0 saturated carbocycles. The fourth-order valence-corrected chi connectivity index (χ4v) is 1.80. The summed E-state index contributed by atoms with van der Waals surface area (Å²) >= 11 is -1.78. The van der Waals surface area contributed by atoms with Gasteiger partial charge in [0.2, 0.25) is 0 Å². The zero-order valence-electron chi connectivity index (χ0n) is 8.07. The summed E-state index contributed by atoms with van der Waals surface area (Å²) in [4.78, 5) is 0. The molecule has 0 radical (unpaired) electrons. The predicted octanol–water partition coefficient (Wildman–Crippen LogP) is 2.59. The third-order valence-corrected chi connectivity index (χ3v) is 3.25. The standard InChI is InChI=1S/C10H14O2S/c1-7-5-4-6-10(8(7)2)9(3)13(11)12/h4-6,9H,1-3H3,(H,11,12). The molecule has 0 bridgehead atoms. The van der Waals surface area contributed by atoms with E-state index in [4.69, 9.17) is 4.55 Å². The molecule has 2 unspecified atom stereocenters. The normalized spacial score (nSPS) is 15.4. The Bertz CT molecular complexity index is 334. The minimum absolute atomic E-state index is 0.306. The second-order valence-corrected chi connectivity index (χ2v) is 4.47. The van der Waals surface area contributed by atoms with E-state index in [1.54, 1.807) is 6.92 Å². The molecule has 0 aliphatic rings. The van der Waals surface area contributed by atoms with Crippen LogP contribution in [0.2, 0.25) is 0 Å². The van der Waals surface area contributed by atoms with Gasteiger partial charge >= 0.3 is 0 Å². The van der Waals surface area contributed by atoms with E-state index >= 15 is 0 Å². The zero-order valence-corrected chi connectivity index (χ0v) is 8.89. The first-order chi connectivity index (χ1) is 6.04. The van der Waals surface area contributed by atoms with E-state index in [1.807, 2.05) is 32.0 Å². The van der Waals surface area contributed by atoms with Crippen LogP contribution in [0.5, 0.6) is 0 Å². The van der Waals surface area contributed by atoms with Crippen LogP contribution in [0.1, 0.15) is 28.9 Å². The summed E-state index contributed by atoms with van der Waals surface area (Å²) in [5, 5.41) is -0.306. The fraction of sp³-hybridized carbons (Fsp3) is 0.400. The molecular formula is C10H14O2S. The summed E-state index contributed by atoms with van der Waals surface area (Å²) in [5.41, 5.74) is 3.23. The molecule has 0 aromatic heterocycles. The van der Waals surface area contributed by atoms with E-state index in [0.717, 1.165) is 16.7 Å². The van der Waals surface area contributed by atoms with Crippen molar-refractivity contribution in [1.82, 2.24) is 0 Å². The van der Waals surface area contributed by atoms with Crippen molar-refractivity contribution in [2.45, 2.75) is 26.0 Å². The first kappa shape index (κ1) is 10.4. The number of benzene rings is 1. The molecule has 3 heteroatoms. The molecule has 72 valence electrons. The maximum Gasteiger partial charge on any atom is 0.160 e. The van der Waals surface area contributed by atoms with Crippen molar-refractivity contribution in [3.63, 3.8) is 0 Å². The lowest BCUT2D eigenvalue weighted by molar-refractivity contribution is 0.553. The summed E-state index contributed by atoms with van der Waals surface area (Å²) in [7, 11) is 0. The molecule has 2 nitrogen and oxygen atoms in total. The van der Waals surface area contributed by atoms with Crippen LogP contribution in [0.4, 0.5) is 0 Å². The van der Waals surface area contributed by atoms with E-state index in [0.29, 0.717) is 0 Å². The highest BCUT2D eigenvalue weighted by atomic mass is 32.2. The average molecular weight is 198 g/mol. The molecule has 1 aromatic carbocycles. The van der Waals surface area contributed by atoms with E-state index in [1.165, 1.54) is 0 Å². The molecule has 0 amide bonds. The van der Waals surface area contributed by atoms with E-state index in [-0.39, 0.29) is 5.25 Å². The lowest BCUT2D eigenvalue weighted by Crippen LogP contribution is -2.03. The molecule has 0 aliphatic heterocycles. The van der Waals surface area contributed by atoms with E-state index in [9.17, 15) is 4.21 Å². The van der Waals surface area contributed by atoms with E-state index < -0.39 is 11.1 Å². The lowest BCUT2D eigenvalue weighted by Gasteiger charge is -2.12. The van der Waals surface area contributed by atoms with Gasteiger partial charge in [0.1, 0.15) is 0 Å². The first-order valence-corrected chi connectivity index (χ1v) is 5.36. The highest BCUT2D eigenvalue weighted by Crippen LogP contribution is 2.23. The molecule has 13 heavy (non-hydrogen) atoms. The molecule has 0 saturated heterocycles. The van der Waals surface area contributed by atoms with Crippen molar-refractivity contribution in [1.29, 1.82) is 0 Å². The van der Waals surface area contributed by atoms with Crippen molar-refractivity contribution in [2.24, 2.45) is 0 Å². The van der Waals surface area contributed by atoms with Crippen LogP contribution in [0.15, 0.2) is 18.2 Å². The Morgan fingerprint density at radius 3 is 2.54 bits per heavy atom. The Morgan fingerprint density at radius 1 is 1.38 bits per heavy atom. The van der Waals surface area contributed by atoms with Gasteiger partial charge in [-0.3, -0.25) is 0 Å². The highest BCUT2D eigenvalue weighted by molar-refractivity contribution is 7.79. The minimum Gasteiger partial charge on any atom is -0.306 e. The monoisotopic (exact) mass is 198 g/mol. The van der Waals surface area contributed by atoms with Crippen LogP contribution >= 0.6 is 0 Å². The van der Waals surface area contributed by atoms with E-state index in [2.05, 4.69) is 0 Å². The van der Waals surface area contributed by atoms with Gasteiger partial charge in [0.05, 0.1) is 5.25 Å². The van der Waals surface area contributed by atoms with Crippen molar-refractivity contribution in [2.75, 3.05) is 0 Å². The van der Waals surface area contributed by atoms with Crippen LogP contribution in [0.3, 0.4) is 0 Å². The molecule has 1 N–H and O–H groups in total. The maximum atomic E-state index is 10.9. The molecule has 1 aromatic rings. The zero-order chi connectivity index (χ0) is 10.0. The molecule has 1 rings (SSSR count). The van der Waals surface area contributed by atoms with Crippen molar-refractivity contribution < 1.29 is 8.76 Å². The van der Waals surface area contributed by atoms with Crippen LogP contribution in [-0.2, 0) is 11.1 Å². The van der Waals surface area contributed by atoms with Crippen LogP contribution in [0.25, 0.3) is 0 Å². The Morgan fingerprint density at radius 2 is 2.00 bits per heavy atom. The molecule has 0 aliphatic carbocycles. The quantitative estimate of drug-likeness (QED) is 0.742. The molecule has 0 heterocycles. The second-order valence-electron chi connectivity index (χ2n) is 3.21. The third kappa shape index (κ3) is 2.17. The molecule has 0 spiro atoms. The largest absolute Gasteiger partial charge is 0.306 e. The topological polar surface area (TPSA) is 37.3 Å². The predicted molar refractivity (Wildman–Crippen MR) is 55.1 cm³/mol. The SMILES string of the molecule is Cc1cccc(C(C)S(=O)O)c1C. The summed E-state index contributed by atoms with van der Waals surface area (Å²) in [6, 6.07) is 5.83. The van der Waals surface area contributed by atoms with Gasteiger partial charge in [-0.1, -0.05) is 18.2 Å². The summed E-state index contributed by atoms with van der Waals surface area (Å²) in [5.74, 6) is 0. The first-order valence-electron chi connectivity index (χ1n) is 4.19. The van der Waals surface area contributed by atoms with Gasteiger partial charge in [-0.05, 0) is 37.5 Å². The Hall–Kier alpha value is -0.670. The maximum absolute atomic E-state index is 10.9. The van der Waals surface area contributed by atoms with Gasteiger partial charge in [0.15, 0.2) is 11.1 Å². The minimum atomic E-state index is -1.78. The molecule has 2 atom stereocenters. The summed E-state index contributed by atoms with van der Waals surface area (Å²) < 4.78 is 19.8. The number of aryl methyl sites for hydroxylation is 1. The Kier molecular flexibility index (Phi) is 3.22. The van der Waals surface area contributed by atoms with Crippen LogP contribution < -0.4 is 0 Å². The van der Waals surface area contributed by atoms with Gasteiger partial charge in [0.25, 0.3) is 0 Å². The van der Waals surface area contributed by atoms with Crippen molar-refractivity contribution in [3.8, 4) is 0 Å². The van der Waals surface area contributed by atoms with Gasteiger partial charge < -0.3 is 4.55 Å². The Labute approximate surface area is 81.3 Å². The van der Waals surface area contributed by atoms with Crippen molar-refractivity contribution >= 4 is 11.1 Å². The summed E-state index contributed by atoms with van der Waals surface area (Å²) in [6.07, 6.45) is 0. The fourth-order valence-electron chi connectivity index (χ4n) is 1.32. The summed E-state index contributed by atoms with van der Waals surface area (Å²) in [6.45, 7) is 5.75. The van der Waals surface area contributed by atoms with Crippen LogP contribution in [-0.4, -0.2) is 8.76 Å². The van der Waals surface area contributed by atoms with Crippen molar-refractivity contribution in [3.05, 3.63) is 34.9 Å². The lowest BCUT2D eigenvalue weighted by atomic mass is 10.0. The highest BCUT2D eigenvalue weighted by Gasteiger charge is 2.13. The Balaban J connectivity index is 3.15. The third-order valence-electron chi connectivity index (χ3n) is 2.39. The molecule has 0 fully saturated rings. The van der Waals surface area contributed by atoms with Gasteiger partial charge in [0, 0.05) is 0 Å². The number of rotatable bonds is 2. The van der Waals surface area contributed by atoms with Crippen LogP contribution in [0, 0.1) is 13.8 Å². The number of hydrogen-bond donors (Lipinski definition) is 1. The number of hydrogen-bond acceptors (Lipinski definition) is 1. The van der Waals surface area contributed by atoms with Gasteiger partial charge in [-0.25, -0.2) is 4.21 Å². The molecular weight excluding hydrogens is 184 g/mol.